The minimum Gasteiger partial charge on any atom is -0.358 e. The molecule has 2 heterocycles. The summed E-state index contributed by atoms with van der Waals surface area (Å²) in [5, 5.41) is 4.80. The molecule has 0 radical (unpaired) electrons. The van der Waals surface area contributed by atoms with E-state index in [-0.39, 0.29) is 35.1 Å². The van der Waals surface area contributed by atoms with E-state index in [2.05, 4.69) is 51.9 Å². The van der Waals surface area contributed by atoms with Gasteiger partial charge < -0.3 is 15.1 Å². The molecule has 2 fully saturated rings. The predicted octanol–water partition coefficient (Wildman–Crippen LogP) is 5.94. The third-order valence-electron chi connectivity index (χ3n) is 9.12. The Morgan fingerprint density at radius 3 is 2.47 bits per heavy atom. The quantitative estimate of drug-likeness (QED) is 0.331. The lowest BCUT2D eigenvalue weighted by Crippen LogP contribution is -2.52. The number of hydrogen-bond acceptors (Lipinski definition) is 7. The predicted molar refractivity (Wildman–Crippen MR) is 173 cm³/mol. The summed E-state index contributed by atoms with van der Waals surface area (Å²) in [6.07, 6.45) is 3.04. The highest BCUT2D eigenvalue weighted by molar-refractivity contribution is 7.91. The van der Waals surface area contributed by atoms with Gasteiger partial charge in [-0.15, -0.1) is 0 Å². The first-order chi connectivity index (χ1) is 20.2. The fourth-order valence-electron chi connectivity index (χ4n) is 6.49. The van der Waals surface area contributed by atoms with Crippen molar-refractivity contribution < 1.29 is 13.2 Å². The van der Waals surface area contributed by atoms with Crippen LogP contribution in [0.1, 0.15) is 66.1 Å². The summed E-state index contributed by atoms with van der Waals surface area (Å²) in [6, 6.07) is 14.2. The Balaban J connectivity index is 1.41. The van der Waals surface area contributed by atoms with Crippen LogP contribution in [0.3, 0.4) is 0 Å². The van der Waals surface area contributed by atoms with E-state index < -0.39 is 15.9 Å². The van der Waals surface area contributed by atoms with Crippen molar-refractivity contribution in [2.75, 3.05) is 24.7 Å². The molecule has 0 spiro atoms. The zero-order valence-corrected chi connectivity index (χ0v) is 27.6. The molecule has 2 aromatic carbocycles. The van der Waals surface area contributed by atoms with Crippen LogP contribution in [0.5, 0.6) is 0 Å². The highest BCUT2D eigenvalue weighted by Gasteiger charge is 2.44. The van der Waals surface area contributed by atoms with E-state index in [9.17, 15) is 13.2 Å². The Labute approximate surface area is 261 Å². The Hall–Kier alpha value is -2.75. The monoisotopic (exact) mass is 625 g/mol. The maximum atomic E-state index is 14.0. The number of amides is 1. The third kappa shape index (κ3) is 6.84. The van der Waals surface area contributed by atoms with Crippen molar-refractivity contribution in [3.05, 3.63) is 59.4 Å². The molecule has 3 aromatic rings. The summed E-state index contributed by atoms with van der Waals surface area (Å²) in [7, 11) is -1.41. The number of halogens is 1. The number of nitrogens with zero attached hydrogens (tertiary/aromatic N) is 4. The number of benzene rings is 2. The van der Waals surface area contributed by atoms with E-state index in [1.54, 1.807) is 24.3 Å². The second-order valence-electron chi connectivity index (χ2n) is 13.5. The molecule has 232 valence electrons. The smallest absolute Gasteiger partial charge is 0.245 e. The minimum atomic E-state index is -3.52. The van der Waals surface area contributed by atoms with Crippen LogP contribution < -0.4 is 5.32 Å². The number of carbonyl (C=O) groups is 1. The number of aromatic nitrogens is 2. The molecule has 1 N–H and O–H groups in total. The van der Waals surface area contributed by atoms with Gasteiger partial charge in [0.05, 0.1) is 16.2 Å². The van der Waals surface area contributed by atoms with Gasteiger partial charge in [-0.3, -0.25) is 4.79 Å². The van der Waals surface area contributed by atoms with Gasteiger partial charge in [0.15, 0.2) is 9.84 Å². The van der Waals surface area contributed by atoms with E-state index in [1.165, 1.54) is 0 Å². The molecule has 2 aliphatic rings. The standard InChI is InChI=1S/C33H44ClN5O3S/c1-21(2)38(6)24-13-15-29(22(18-24)20-43(41,42)25-10-8-7-9-11-25)39-17-16-28(31(39)40)35-30-26-19-23(34)12-14-27(26)36-32(37-30)33(3,4)5/h7-12,14,19,21-22,24,28-29H,13,15-18,20H2,1-6H3,(H,35,36,37)/t22-,24+,28-,29-/m0/s1. The average Bonchev–Trinajstić information content (AvgIpc) is 3.31. The lowest BCUT2D eigenvalue weighted by atomic mass is 9.81. The van der Waals surface area contributed by atoms with Gasteiger partial charge in [0, 0.05) is 40.5 Å². The maximum absolute atomic E-state index is 14.0. The van der Waals surface area contributed by atoms with Gasteiger partial charge in [-0.25, -0.2) is 18.4 Å². The van der Waals surface area contributed by atoms with Crippen molar-refractivity contribution in [2.45, 2.75) is 94.8 Å². The van der Waals surface area contributed by atoms with Crippen molar-refractivity contribution in [3.8, 4) is 0 Å². The topological polar surface area (TPSA) is 95.5 Å². The van der Waals surface area contributed by atoms with Gasteiger partial charge in [-0.2, -0.15) is 0 Å². The molecule has 1 aliphatic carbocycles. The third-order valence-corrected chi connectivity index (χ3v) is 11.2. The summed E-state index contributed by atoms with van der Waals surface area (Å²) in [5.41, 5.74) is 0.489. The molecule has 1 saturated carbocycles. The number of rotatable bonds is 8. The summed E-state index contributed by atoms with van der Waals surface area (Å²) in [4.78, 5) is 28.3. The fourth-order valence-corrected chi connectivity index (χ4v) is 8.34. The largest absolute Gasteiger partial charge is 0.358 e. The van der Waals surface area contributed by atoms with Crippen molar-refractivity contribution in [3.63, 3.8) is 0 Å². The van der Waals surface area contributed by atoms with Crippen LogP contribution in [-0.4, -0.2) is 77.6 Å². The minimum absolute atomic E-state index is 0.00567. The number of carbonyl (C=O) groups excluding carboxylic acids is 1. The average molecular weight is 626 g/mol. The van der Waals surface area contributed by atoms with E-state index in [4.69, 9.17) is 21.6 Å². The van der Waals surface area contributed by atoms with Gasteiger partial charge in [-0.05, 0) is 82.8 Å². The molecule has 8 nitrogen and oxygen atoms in total. The molecule has 1 aromatic heterocycles. The molecule has 43 heavy (non-hydrogen) atoms. The van der Waals surface area contributed by atoms with Crippen molar-refractivity contribution in [1.29, 1.82) is 0 Å². The molecule has 1 amide bonds. The number of anilines is 1. The van der Waals surface area contributed by atoms with Gasteiger partial charge in [-0.1, -0.05) is 50.6 Å². The number of fused-ring (bicyclic) bond motifs is 1. The molecule has 1 aliphatic heterocycles. The Morgan fingerprint density at radius 2 is 1.79 bits per heavy atom. The first-order valence-corrected chi connectivity index (χ1v) is 17.3. The van der Waals surface area contributed by atoms with Gasteiger partial charge in [0.2, 0.25) is 5.91 Å². The van der Waals surface area contributed by atoms with E-state index in [1.807, 2.05) is 29.2 Å². The molecule has 4 atom stereocenters. The molecule has 10 heteroatoms. The molecule has 0 unspecified atom stereocenters. The summed E-state index contributed by atoms with van der Waals surface area (Å²) >= 11 is 6.35. The van der Waals surface area contributed by atoms with Crippen LogP contribution in [0.2, 0.25) is 5.02 Å². The van der Waals surface area contributed by atoms with E-state index >= 15 is 0 Å². The van der Waals surface area contributed by atoms with Gasteiger partial charge in [0.25, 0.3) is 0 Å². The first-order valence-electron chi connectivity index (χ1n) is 15.3. The van der Waals surface area contributed by atoms with Gasteiger partial charge in [0.1, 0.15) is 17.7 Å². The molecular weight excluding hydrogens is 582 g/mol. The number of hydrogen-bond donors (Lipinski definition) is 1. The van der Waals surface area contributed by atoms with Crippen LogP contribution in [0.4, 0.5) is 5.82 Å². The zero-order chi connectivity index (χ0) is 31.1. The Bertz CT molecular complexity index is 1570. The van der Waals surface area contributed by atoms with Crippen molar-refractivity contribution in [1.82, 2.24) is 19.8 Å². The lowest BCUT2D eigenvalue weighted by molar-refractivity contribution is -0.132. The Kier molecular flexibility index (Phi) is 9.08. The zero-order valence-electron chi connectivity index (χ0n) is 26.0. The number of sulfone groups is 1. The molecule has 0 bridgehead atoms. The van der Waals surface area contributed by atoms with Crippen LogP contribution in [0, 0.1) is 5.92 Å². The number of likely N-dealkylation sites (tertiary alicyclic amines) is 1. The van der Waals surface area contributed by atoms with E-state index in [0.29, 0.717) is 40.6 Å². The maximum Gasteiger partial charge on any atom is 0.245 e. The van der Waals surface area contributed by atoms with Crippen LogP contribution in [0.25, 0.3) is 10.9 Å². The number of nitrogens with one attached hydrogen (secondary N) is 1. The summed E-state index contributed by atoms with van der Waals surface area (Å²) < 4.78 is 27.1. The van der Waals surface area contributed by atoms with E-state index in [0.717, 1.165) is 30.2 Å². The lowest BCUT2D eigenvalue weighted by Gasteiger charge is -2.44. The normalized spacial score (nSPS) is 23.5. The first kappa shape index (κ1) is 31.7. The van der Waals surface area contributed by atoms with Gasteiger partial charge >= 0.3 is 0 Å². The van der Waals surface area contributed by atoms with Crippen LogP contribution in [-0.2, 0) is 20.0 Å². The second kappa shape index (κ2) is 12.3. The summed E-state index contributed by atoms with van der Waals surface area (Å²) in [6.45, 7) is 11.1. The second-order valence-corrected chi connectivity index (χ2v) is 15.9. The van der Waals surface area contributed by atoms with Crippen LogP contribution >= 0.6 is 11.6 Å². The molecular formula is C33H44ClN5O3S. The summed E-state index contributed by atoms with van der Waals surface area (Å²) in [5.74, 6) is 1.14. The fraction of sp³-hybridized carbons (Fsp3) is 0.545. The van der Waals surface area contributed by atoms with Crippen molar-refractivity contribution in [2.24, 2.45) is 5.92 Å². The van der Waals surface area contributed by atoms with Crippen LogP contribution in [0.15, 0.2) is 53.4 Å². The SMILES string of the molecule is CC(C)N(C)[C@@H]1CC[C@H](N2CC[C@H](Nc3nc(C(C)(C)C)nc4ccc(Cl)cc34)C2=O)[C@H](CS(=O)(=O)c2ccccc2)C1. The molecule has 5 rings (SSSR count). The highest BCUT2D eigenvalue weighted by Crippen LogP contribution is 2.37. The highest BCUT2D eigenvalue weighted by atomic mass is 35.5. The molecule has 1 saturated heterocycles. The Morgan fingerprint density at radius 1 is 1.07 bits per heavy atom. The van der Waals surface area contributed by atoms with Crippen molar-refractivity contribution >= 4 is 44.1 Å².